The molecule has 1 aliphatic heterocycles. The van der Waals surface area contributed by atoms with Crippen LogP contribution in [-0.2, 0) is 0 Å². The summed E-state index contributed by atoms with van der Waals surface area (Å²) in [5, 5.41) is 15.3. The topological polar surface area (TPSA) is 94.4 Å². The number of carbonyl (C=O) groups is 1. The van der Waals surface area contributed by atoms with Gasteiger partial charge in [-0.15, -0.1) is 10.2 Å². The van der Waals surface area contributed by atoms with Gasteiger partial charge in [0.2, 0.25) is 5.88 Å². The summed E-state index contributed by atoms with van der Waals surface area (Å²) in [6.45, 7) is 3.67. The molecule has 0 aliphatic carbocycles. The first-order valence-electron chi connectivity index (χ1n) is 10.0. The van der Waals surface area contributed by atoms with Crippen LogP contribution in [0.15, 0.2) is 54.9 Å². The average Bonchev–Trinajstić information content (AvgIpc) is 3.31. The van der Waals surface area contributed by atoms with E-state index >= 15 is 0 Å². The maximum absolute atomic E-state index is 12.6. The largest absolute Gasteiger partial charge is 0.492 e. The summed E-state index contributed by atoms with van der Waals surface area (Å²) in [6, 6.07) is 12.7. The van der Waals surface area contributed by atoms with Crippen LogP contribution in [0.25, 0.3) is 5.82 Å². The molecule has 0 unspecified atom stereocenters. The predicted octanol–water partition coefficient (Wildman–Crippen LogP) is 3.14. The van der Waals surface area contributed by atoms with E-state index in [9.17, 15) is 4.79 Å². The van der Waals surface area contributed by atoms with Crippen LogP contribution in [0.1, 0.15) is 19.8 Å². The van der Waals surface area contributed by atoms with E-state index in [4.69, 9.17) is 9.47 Å². The highest BCUT2D eigenvalue weighted by Gasteiger charge is 2.25. The minimum absolute atomic E-state index is 0.00499. The summed E-state index contributed by atoms with van der Waals surface area (Å²) in [4.78, 5) is 14.4. The van der Waals surface area contributed by atoms with Crippen molar-refractivity contribution in [2.45, 2.75) is 25.9 Å². The van der Waals surface area contributed by atoms with Crippen molar-refractivity contribution >= 4 is 11.7 Å². The molecule has 30 heavy (non-hydrogen) atoms. The molecule has 0 bridgehead atoms. The molecule has 156 valence electrons. The monoisotopic (exact) mass is 408 g/mol. The SMILES string of the molecule is CCOc1ccccc1NC(=O)N1CCC(Oc2ccc(-n3cccn3)nn2)CC1. The quantitative estimate of drug-likeness (QED) is 0.673. The smallest absolute Gasteiger partial charge is 0.321 e. The summed E-state index contributed by atoms with van der Waals surface area (Å²) < 4.78 is 13.1. The Morgan fingerprint density at radius 2 is 1.97 bits per heavy atom. The van der Waals surface area contributed by atoms with E-state index in [1.807, 2.05) is 43.3 Å². The standard InChI is InChI=1S/C21H24N6O3/c1-2-29-18-7-4-3-6-17(18)23-21(28)26-14-10-16(11-15-26)30-20-9-8-19(24-25-20)27-13-5-12-22-27/h3-9,12-13,16H,2,10-11,14-15H2,1H3,(H,23,28). The Morgan fingerprint density at radius 1 is 1.13 bits per heavy atom. The molecular weight excluding hydrogens is 384 g/mol. The summed E-state index contributed by atoms with van der Waals surface area (Å²) in [7, 11) is 0. The van der Waals surface area contributed by atoms with Gasteiger partial charge < -0.3 is 19.7 Å². The minimum Gasteiger partial charge on any atom is -0.492 e. The second-order valence-corrected chi connectivity index (χ2v) is 6.84. The van der Waals surface area contributed by atoms with Gasteiger partial charge in [-0.3, -0.25) is 0 Å². The van der Waals surface area contributed by atoms with E-state index in [0.717, 1.165) is 12.8 Å². The van der Waals surface area contributed by atoms with Gasteiger partial charge in [0.05, 0.1) is 12.3 Å². The number of hydrogen-bond donors (Lipinski definition) is 1. The first-order chi connectivity index (χ1) is 14.7. The molecule has 2 aromatic heterocycles. The molecule has 2 amide bonds. The number of ether oxygens (including phenoxy) is 2. The van der Waals surface area contributed by atoms with Crippen molar-refractivity contribution in [3.63, 3.8) is 0 Å². The van der Waals surface area contributed by atoms with Crippen LogP contribution in [0.5, 0.6) is 11.6 Å². The fourth-order valence-corrected chi connectivity index (χ4v) is 3.30. The highest BCUT2D eigenvalue weighted by molar-refractivity contribution is 5.91. The van der Waals surface area contributed by atoms with Crippen molar-refractivity contribution in [1.29, 1.82) is 0 Å². The number of rotatable bonds is 6. The number of aromatic nitrogens is 4. The molecule has 0 radical (unpaired) electrons. The average molecular weight is 408 g/mol. The second-order valence-electron chi connectivity index (χ2n) is 6.84. The van der Waals surface area contributed by atoms with Crippen molar-refractivity contribution in [2.75, 3.05) is 25.0 Å². The normalized spacial score (nSPS) is 14.4. The third kappa shape index (κ3) is 4.68. The number of nitrogens with zero attached hydrogens (tertiary/aromatic N) is 5. The van der Waals surface area contributed by atoms with Gasteiger partial charge in [-0.2, -0.15) is 5.10 Å². The summed E-state index contributed by atoms with van der Waals surface area (Å²) >= 11 is 0. The molecule has 9 nitrogen and oxygen atoms in total. The maximum atomic E-state index is 12.6. The zero-order valence-electron chi connectivity index (χ0n) is 16.8. The number of para-hydroxylation sites is 2. The molecule has 0 saturated carbocycles. The molecule has 3 heterocycles. The van der Waals surface area contributed by atoms with E-state index < -0.39 is 0 Å². The number of likely N-dealkylation sites (tertiary alicyclic amines) is 1. The molecule has 1 N–H and O–H groups in total. The number of urea groups is 1. The van der Waals surface area contributed by atoms with Gasteiger partial charge in [-0.05, 0) is 31.2 Å². The molecule has 3 aromatic rings. The fraction of sp³-hybridized carbons (Fsp3) is 0.333. The number of benzene rings is 1. The third-order valence-corrected chi connectivity index (χ3v) is 4.81. The Bertz CT molecular complexity index is 953. The Kier molecular flexibility index (Phi) is 6.07. The molecule has 1 fully saturated rings. The van der Waals surface area contributed by atoms with Crippen molar-refractivity contribution in [1.82, 2.24) is 24.9 Å². The van der Waals surface area contributed by atoms with Crippen LogP contribution in [0, 0.1) is 0 Å². The fourth-order valence-electron chi connectivity index (χ4n) is 3.30. The van der Waals surface area contributed by atoms with Crippen molar-refractivity contribution in [3.05, 3.63) is 54.9 Å². The number of hydrogen-bond acceptors (Lipinski definition) is 6. The van der Waals surface area contributed by atoms with Crippen LogP contribution < -0.4 is 14.8 Å². The van der Waals surface area contributed by atoms with E-state index in [0.29, 0.717) is 42.8 Å². The molecule has 9 heteroatoms. The van der Waals surface area contributed by atoms with Crippen molar-refractivity contribution in [3.8, 4) is 17.4 Å². The zero-order chi connectivity index (χ0) is 20.8. The van der Waals surface area contributed by atoms with Gasteiger partial charge in [-0.1, -0.05) is 12.1 Å². The number of anilines is 1. The summed E-state index contributed by atoms with van der Waals surface area (Å²) in [5.74, 6) is 1.77. The van der Waals surface area contributed by atoms with Gasteiger partial charge in [0.15, 0.2) is 5.82 Å². The van der Waals surface area contributed by atoms with E-state index in [-0.39, 0.29) is 12.1 Å². The Hall–Kier alpha value is -3.62. The van der Waals surface area contributed by atoms with Gasteiger partial charge >= 0.3 is 6.03 Å². The number of piperidine rings is 1. The maximum Gasteiger partial charge on any atom is 0.321 e. The third-order valence-electron chi connectivity index (χ3n) is 4.81. The van der Waals surface area contributed by atoms with Gasteiger partial charge in [-0.25, -0.2) is 9.48 Å². The highest BCUT2D eigenvalue weighted by atomic mass is 16.5. The summed E-state index contributed by atoms with van der Waals surface area (Å²) in [6.07, 6.45) is 4.94. The number of nitrogens with one attached hydrogen (secondary N) is 1. The lowest BCUT2D eigenvalue weighted by molar-refractivity contribution is 0.110. The van der Waals surface area contributed by atoms with E-state index in [2.05, 4.69) is 20.6 Å². The van der Waals surface area contributed by atoms with Crippen LogP contribution in [0.3, 0.4) is 0 Å². The van der Waals surface area contributed by atoms with Crippen molar-refractivity contribution in [2.24, 2.45) is 0 Å². The molecule has 4 rings (SSSR count). The Balaban J connectivity index is 1.28. The first kappa shape index (κ1) is 19.7. The van der Waals surface area contributed by atoms with Crippen LogP contribution in [0.2, 0.25) is 0 Å². The molecule has 1 aromatic carbocycles. The lowest BCUT2D eigenvalue weighted by Crippen LogP contribution is -2.43. The molecule has 1 aliphatic rings. The van der Waals surface area contributed by atoms with Crippen LogP contribution >= 0.6 is 0 Å². The lowest BCUT2D eigenvalue weighted by atomic mass is 10.1. The molecule has 1 saturated heterocycles. The van der Waals surface area contributed by atoms with Gasteiger partial charge in [0.1, 0.15) is 11.9 Å². The minimum atomic E-state index is -0.135. The Labute approximate surface area is 174 Å². The van der Waals surface area contributed by atoms with Crippen LogP contribution in [-0.4, -0.2) is 56.7 Å². The summed E-state index contributed by atoms with van der Waals surface area (Å²) in [5.41, 5.74) is 0.676. The lowest BCUT2D eigenvalue weighted by Gasteiger charge is -2.32. The molecule has 0 spiro atoms. The van der Waals surface area contributed by atoms with E-state index in [1.165, 1.54) is 0 Å². The van der Waals surface area contributed by atoms with Gasteiger partial charge in [0, 0.05) is 44.4 Å². The predicted molar refractivity (Wildman–Crippen MR) is 111 cm³/mol. The Morgan fingerprint density at radius 3 is 2.67 bits per heavy atom. The first-order valence-corrected chi connectivity index (χ1v) is 10.0. The number of carbonyl (C=O) groups excluding carboxylic acids is 1. The molecular formula is C21H24N6O3. The van der Waals surface area contributed by atoms with E-state index in [1.54, 1.807) is 28.0 Å². The van der Waals surface area contributed by atoms with Crippen molar-refractivity contribution < 1.29 is 14.3 Å². The molecule has 0 atom stereocenters. The highest BCUT2D eigenvalue weighted by Crippen LogP contribution is 2.25. The second kappa shape index (κ2) is 9.25. The van der Waals surface area contributed by atoms with Crippen LogP contribution in [0.4, 0.5) is 10.5 Å². The van der Waals surface area contributed by atoms with Gasteiger partial charge in [0.25, 0.3) is 0 Å². The number of amides is 2. The zero-order valence-corrected chi connectivity index (χ0v) is 16.8.